The first kappa shape index (κ1) is 16.2. The lowest BCUT2D eigenvalue weighted by Gasteiger charge is -2.28. The van der Waals surface area contributed by atoms with Crippen LogP contribution in [0, 0.1) is 11.2 Å². The van der Waals surface area contributed by atoms with Crippen molar-refractivity contribution in [3.63, 3.8) is 0 Å². The molecule has 0 radical (unpaired) electrons. The zero-order valence-electron chi connectivity index (χ0n) is 11.3. The van der Waals surface area contributed by atoms with Gasteiger partial charge in [-0.15, -0.1) is 0 Å². The van der Waals surface area contributed by atoms with Gasteiger partial charge >= 0.3 is 0 Å². The fourth-order valence-electron chi connectivity index (χ4n) is 1.98. The van der Waals surface area contributed by atoms with Crippen molar-refractivity contribution in [1.82, 2.24) is 0 Å². The first-order valence-electron chi connectivity index (χ1n) is 6.15. The number of amidine groups is 1. The summed E-state index contributed by atoms with van der Waals surface area (Å²) in [6, 6.07) is 3.65. The summed E-state index contributed by atoms with van der Waals surface area (Å²) >= 11 is 5.90. The van der Waals surface area contributed by atoms with Crippen LogP contribution in [0.15, 0.2) is 23.4 Å². The van der Waals surface area contributed by atoms with Crippen molar-refractivity contribution < 1.29 is 14.4 Å². The summed E-state index contributed by atoms with van der Waals surface area (Å²) in [5.41, 5.74) is 4.61. The number of nitrogens with two attached hydrogens (primary N) is 1. The van der Waals surface area contributed by atoms with Gasteiger partial charge in [0.1, 0.15) is 11.2 Å². The molecular formula is C13H17ClFN3O2. The second-order valence-corrected chi connectivity index (χ2v) is 4.76. The van der Waals surface area contributed by atoms with Crippen LogP contribution in [-0.4, -0.2) is 17.0 Å². The lowest BCUT2D eigenvalue weighted by Crippen LogP contribution is -2.46. The third kappa shape index (κ3) is 3.01. The molecule has 1 amide bonds. The van der Waals surface area contributed by atoms with Gasteiger partial charge in [-0.3, -0.25) is 4.79 Å². The Labute approximate surface area is 121 Å². The summed E-state index contributed by atoms with van der Waals surface area (Å²) in [7, 11) is 0. The van der Waals surface area contributed by atoms with Crippen LogP contribution in [-0.2, 0) is 4.79 Å². The number of rotatable bonds is 5. The number of amides is 1. The topological polar surface area (TPSA) is 87.7 Å². The van der Waals surface area contributed by atoms with E-state index in [9.17, 15) is 9.18 Å². The van der Waals surface area contributed by atoms with Gasteiger partial charge in [0.15, 0.2) is 5.84 Å². The van der Waals surface area contributed by atoms with Crippen LogP contribution in [0.3, 0.4) is 0 Å². The van der Waals surface area contributed by atoms with E-state index in [1.807, 2.05) is 0 Å². The van der Waals surface area contributed by atoms with Crippen LogP contribution in [0.5, 0.6) is 0 Å². The van der Waals surface area contributed by atoms with Gasteiger partial charge in [-0.25, -0.2) is 4.39 Å². The molecule has 0 spiro atoms. The molecule has 1 rings (SSSR count). The SMILES string of the molecule is CCC(CC)(C(=O)Nc1cc(F)ccc1Cl)/C(N)=N/O. The molecule has 0 aliphatic carbocycles. The van der Waals surface area contributed by atoms with Crippen molar-refractivity contribution in [3.05, 3.63) is 29.0 Å². The molecule has 110 valence electrons. The van der Waals surface area contributed by atoms with Gasteiger partial charge in [0.2, 0.25) is 5.91 Å². The maximum absolute atomic E-state index is 13.2. The first-order chi connectivity index (χ1) is 9.41. The molecule has 0 aromatic heterocycles. The van der Waals surface area contributed by atoms with Crippen molar-refractivity contribution in [1.29, 1.82) is 0 Å². The zero-order valence-corrected chi connectivity index (χ0v) is 12.0. The molecule has 20 heavy (non-hydrogen) atoms. The zero-order chi connectivity index (χ0) is 15.3. The number of halogens is 2. The van der Waals surface area contributed by atoms with Crippen LogP contribution >= 0.6 is 11.6 Å². The Morgan fingerprint density at radius 1 is 1.50 bits per heavy atom. The quantitative estimate of drug-likeness (QED) is 0.338. The minimum Gasteiger partial charge on any atom is -0.409 e. The molecule has 0 saturated carbocycles. The Balaban J connectivity index is 3.12. The van der Waals surface area contributed by atoms with E-state index >= 15 is 0 Å². The number of benzene rings is 1. The van der Waals surface area contributed by atoms with E-state index in [4.69, 9.17) is 22.5 Å². The van der Waals surface area contributed by atoms with Gasteiger partial charge in [-0.05, 0) is 31.0 Å². The van der Waals surface area contributed by atoms with E-state index in [1.165, 1.54) is 12.1 Å². The number of nitrogens with zero attached hydrogens (tertiary/aromatic N) is 1. The molecular weight excluding hydrogens is 285 g/mol. The van der Waals surface area contributed by atoms with E-state index in [2.05, 4.69) is 10.5 Å². The third-order valence-electron chi connectivity index (χ3n) is 3.42. The predicted molar refractivity (Wildman–Crippen MR) is 76.5 cm³/mol. The van der Waals surface area contributed by atoms with Crippen LogP contribution in [0.25, 0.3) is 0 Å². The molecule has 0 atom stereocenters. The summed E-state index contributed by atoms with van der Waals surface area (Å²) in [6.45, 7) is 3.49. The Bertz CT molecular complexity index is 530. The molecule has 7 heteroatoms. The first-order valence-corrected chi connectivity index (χ1v) is 6.53. The van der Waals surface area contributed by atoms with Crippen LogP contribution in [0.1, 0.15) is 26.7 Å². The second kappa shape index (κ2) is 6.56. The summed E-state index contributed by atoms with van der Waals surface area (Å²) in [5.74, 6) is -1.20. The van der Waals surface area contributed by atoms with Gasteiger partial charge in [-0.1, -0.05) is 30.6 Å². The summed E-state index contributed by atoms with van der Waals surface area (Å²) in [6.07, 6.45) is 0.663. The molecule has 4 N–H and O–H groups in total. The van der Waals surface area contributed by atoms with Crippen LogP contribution < -0.4 is 11.1 Å². The maximum atomic E-state index is 13.2. The lowest BCUT2D eigenvalue weighted by atomic mass is 9.80. The van der Waals surface area contributed by atoms with Crippen LogP contribution in [0.2, 0.25) is 5.02 Å². The number of oxime groups is 1. The van der Waals surface area contributed by atoms with Gasteiger partial charge in [-0.2, -0.15) is 0 Å². The van der Waals surface area contributed by atoms with E-state index in [0.717, 1.165) is 6.07 Å². The Morgan fingerprint density at radius 3 is 2.60 bits per heavy atom. The lowest BCUT2D eigenvalue weighted by molar-refractivity contribution is -0.122. The van der Waals surface area contributed by atoms with Crippen molar-refractivity contribution >= 4 is 29.0 Å². The minimum absolute atomic E-state index is 0.147. The molecule has 0 unspecified atom stereocenters. The molecule has 0 fully saturated rings. The van der Waals surface area contributed by atoms with E-state index in [-0.39, 0.29) is 16.5 Å². The number of nitrogens with one attached hydrogen (secondary N) is 1. The van der Waals surface area contributed by atoms with Gasteiger partial charge in [0.05, 0.1) is 10.7 Å². The maximum Gasteiger partial charge on any atom is 0.238 e. The summed E-state index contributed by atoms with van der Waals surface area (Å²) in [4.78, 5) is 12.4. The smallest absolute Gasteiger partial charge is 0.238 e. The minimum atomic E-state index is -1.16. The van der Waals surface area contributed by atoms with Crippen LogP contribution in [0.4, 0.5) is 10.1 Å². The average molecular weight is 302 g/mol. The average Bonchev–Trinajstić information content (AvgIpc) is 2.44. The van der Waals surface area contributed by atoms with E-state index in [0.29, 0.717) is 12.8 Å². The Hall–Kier alpha value is -1.82. The molecule has 0 saturated heterocycles. The Morgan fingerprint density at radius 2 is 2.10 bits per heavy atom. The van der Waals surface area contributed by atoms with Crippen molar-refractivity contribution in [3.8, 4) is 0 Å². The largest absolute Gasteiger partial charge is 0.409 e. The Kier molecular flexibility index (Phi) is 5.33. The van der Waals surface area contributed by atoms with E-state index < -0.39 is 17.1 Å². The normalized spacial score (nSPS) is 12.3. The van der Waals surface area contributed by atoms with Crippen molar-refractivity contribution in [2.75, 3.05) is 5.32 Å². The summed E-state index contributed by atoms with van der Waals surface area (Å²) < 4.78 is 13.2. The molecule has 0 aliphatic rings. The number of hydrogen-bond donors (Lipinski definition) is 3. The number of carbonyl (C=O) groups is 1. The fraction of sp³-hybridized carbons (Fsp3) is 0.385. The predicted octanol–water partition coefficient (Wildman–Crippen LogP) is 2.97. The highest BCUT2D eigenvalue weighted by Gasteiger charge is 2.40. The number of carbonyl (C=O) groups excluding carboxylic acids is 1. The molecule has 0 heterocycles. The third-order valence-corrected chi connectivity index (χ3v) is 3.75. The monoisotopic (exact) mass is 301 g/mol. The number of anilines is 1. The molecule has 1 aromatic carbocycles. The highest BCUT2D eigenvalue weighted by molar-refractivity contribution is 6.34. The molecule has 5 nitrogen and oxygen atoms in total. The van der Waals surface area contributed by atoms with Gasteiger partial charge in [0, 0.05) is 0 Å². The highest BCUT2D eigenvalue weighted by Crippen LogP contribution is 2.30. The molecule has 1 aromatic rings. The fourth-order valence-corrected chi connectivity index (χ4v) is 2.15. The van der Waals surface area contributed by atoms with Crippen molar-refractivity contribution in [2.24, 2.45) is 16.3 Å². The number of hydrogen-bond acceptors (Lipinski definition) is 3. The molecule has 0 bridgehead atoms. The van der Waals surface area contributed by atoms with Gasteiger partial charge < -0.3 is 16.3 Å². The van der Waals surface area contributed by atoms with Crippen molar-refractivity contribution in [2.45, 2.75) is 26.7 Å². The molecule has 0 aliphatic heterocycles. The highest BCUT2D eigenvalue weighted by atomic mass is 35.5. The standard InChI is InChI=1S/C13H17ClFN3O2/c1-3-13(4-2,11(16)18-20)12(19)17-10-7-8(15)5-6-9(10)14/h5-7,20H,3-4H2,1-2H3,(H2,16,18)(H,17,19). The second-order valence-electron chi connectivity index (χ2n) is 4.35. The van der Waals surface area contributed by atoms with E-state index in [1.54, 1.807) is 13.8 Å². The summed E-state index contributed by atoms with van der Waals surface area (Å²) in [5, 5.41) is 14.5. The van der Waals surface area contributed by atoms with Gasteiger partial charge in [0.25, 0.3) is 0 Å².